The molecule has 0 amide bonds. The van der Waals surface area contributed by atoms with E-state index in [4.69, 9.17) is 5.11 Å². The molecule has 0 aliphatic heterocycles. The lowest BCUT2D eigenvalue weighted by Gasteiger charge is -2.11. The monoisotopic (exact) mass is 143 g/mol. The van der Waals surface area contributed by atoms with E-state index < -0.39 is 0 Å². The van der Waals surface area contributed by atoms with Crippen molar-refractivity contribution in [1.82, 2.24) is 10.3 Å². The summed E-state index contributed by atoms with van der Waals surface area (Å²) in [7, 11) is 1.80. The van der Waals surface area contributed by atoms with Crippen LogP contribution in [0.25, 0.3) is 0 Å². The molecule has 0 spiro atoms. The van der Waals surface area contributed by atoms with Gasteiger partial charge in [-0.15, -0.1) is 0 Å². The molecule has 0 bridgehead atoms. The van der Waals surface area contributed by atoms with Crippen molar-refractivity contribution in [3.8, 4) is 0 Å². The second-order valence-electron chi connectivity index (χ2n) is 1.91. The lowest BCUT2D eigenvalue weighted by molar-refractivity contribution is 0.297. The zero-order valence-electron chi connectivity index (χ0n) is 5.69. The van der Waals surface area contributed by atoms with Crippen LogP contribution in [0.4, 0.5) is 5.82 Å². The Kier molecular flexibility index (Phi) is 2.22. The fraction of sp³-hybridized carbons (Fsp3) is 0.600. The molecule has 0 aromatic carbocycles. The van der Waals surface area contributed by atoms with Crippen LogP contribution in [0.1, 0.15) is 0 Å². The molecule has 0 aliphatic carbocycles. The van der Waals surface area contributed by atoms with Gasteiger partial charge in [0.25, 0.3) is 0 Å². The van der Waals surface area contributed by atoms with Gasteiger partial charge in [0.15, 0.2) is 5.82 Å². The summed E-state index contributed by atoms with van der Waals surface area (Å²) in [5.41, 5.74) is 0. The minimum Gasteiger partial charge on any atom is -0.395 e. The second kappa shape index (κ2) is 3.17. The smallest absolute Gasteiger partial charge is 0.193 e. The fourth-order valence-electron chi connectivity index (χ4n) is 0.592. The summed E-state index contributed by atoms with van der Waals surface area (Å²) in [6.45, 7) is 0.636. The molecule has 1 rings (SSSR count). The van der Waals surface area contributed by atoms with Crippen molar-refractivity contribution >= 4 is 5.82 Å². The van der Waals surface area contributed by atoms with Gasteiger partial charge in [-0.05, 0) is 5.16 Å². The molecule has 10 heavy (non-hydrogen) atoms. The van der Waals surface area contributed by atoms with Gasteiger partial charge in [0.05, 0.1) is 6.61 Å². The van der Waals surface area contributed by atoms with E-state index >= 15 is 0 Å². The maximum Gasteiger partial charge on any atom is 0.193 e. The van der Waals surface area contributed by atoms with Crippen LogP contribution in [0.3, 0.4) is 0 Å². The van der Waals surface area contributed by atoms with Crippen molar-refractivity contribution in [1.29, 1.82) is 0 Å². The van der Waals surface area contributed by atoms with Gasteiger partial charge in [0.2, 0.25) is 0 Å². The summed E-state index contributed by atoms with van der Waals surface area (Å²) in [5, 5.41) is 15.5. The van der Waals surface area contributed by atoms with Crippen LogP contribution in [0.5, 0.6) is 0 Å². The van der Waals surface area contributed by atoms with Crippen LogP contribution in [-0.2, 0) is 0 Å². The van der Waals surface area contributed by atoms with Crippen molar-refractivity contribution in [2.24, 2.45) is 0 Å². The largest absolute Gasteiger partial charge is 0.395 e. The van der Waals surface area contributed by atoms with E-state index in [9.17, 15) is 0 Å². The number of hydrogen-bond acceptors (Lipinski definition) is 5. The number of aliphatic hydroxyl groups excluding tert-OH is 1. The average molecular weight is 143 g/mol. The highest BCUT2D eigenvalue weighted by molar-refractivity contribution is 5.31. The van der Waals surface area contributed by atoms with Gasteiger partial charge in [-0.2, -0.15) is 0 Å². The zero-order valence-corrected chi connectivity index (χ0v) is 5.69. The third-order valence-corrected chi connectivity index (χ3v) is 1.18. The molecule has 0 atom stereocenters. The molecule has 0 saturated carbocycles. The Hall–Kier alpha value is -1.10. The lowest BCUT2D eigenvalue weighted by atomic mass is 10.5. The van der Waals surface area contributed by atoms with Crippen LogP contribution in [0.15, 0.2) is 10.8 Å². The molecule has 5 nitrogen and oxygen atoms in total. The molecule has 1 aromatic heterocycles. The third kappa shape index (κ3) is 1.44. The van der Waals surface area contributed by atoms with Gasteiger partial charge in [-0.1, -0.05) is 5.16 Å². The first kappa shape index (κ1) is 7.01. The molecule has 5 heteroatoms. The van der Waals surface area contributed by atoms with Gasteiger partial charge >= 0.3 is 0 Å². The van der Waals surface area contributed by atoms with E-state index in [1.807, 2.05) is 0 Å². The van der Waals surface area contributed by atoms with Crippen molar-refractivity contribution in [3.05, 3.63) is 6.20 Å². The van der Waals surface area contributed by atoms with Crippen molar-refractivity contribution in [2.45, 2.75) is 0 Å². The summed E-state index contributed by atoms with van der Waals surface area (Å²) < 4.78 is 4.36. The molecule has 0 unspecified atom stereocenters. The Morgan fingerprint density at radius 2 is 2.60 bits per heavy atom. The van der Waals surface area contributed by atoms with E-state index in [2.05, 4.69) is 14.9 Å². The minimum absolute atomic E-state index is 0.101. The molecule has 1 aromatic rings. The van der Waals surface area contributed by atoms with Crippen molar-refractivity contribution in [3.63, 3.8) is 0 Å². The Bertz CT molecular complexity index is 175. The molecule has 0 fully saturated rings. The van der Waals surface area contributed by atoms with E-state index in [0.717, 1.165) is 0 Å². The second-order valence-corrected chi connectivity index (χ2v) is 1.91. The van der Waals surface area contributed by atoms with Gasteiger partial charge in [-0.3, -0.25) is 0 Å². The number of hydrogen-bond donors (Lipinski definition) is 1. The molecule has 1 N–H and O–H groups in total. The Morgan fingerprint density at radius 1 is 1.80 bits per heavy atom. The molecule has 56 valence electrons. The third-order valence-electron chi connectivity index (χ3n) is 1.18. The summed E-state index contributed by atoms with van der Waals surface area (Å²) in [5.74, 6) is 0.633. The Morgan fingerprint density at radius 3 is 3.10 bits per heavy atom. The highest BCUT2D eigenvalue weighted by atomic mass is 16.6. The number of nitrogens with zero attached hydrogens (tertiary/aromatic N) is 3. The van der Waals surface area contributed by atoms with Crippen LogP contribution in [0, 0.1) is 0 Å². The molecular weight excluding hydrogens is 134 g/mol. The number of rotatable bonds is 3. The first-order valence-corrected chi connectivity index (χ1v) is 2.94. The minimum atomic E-state index is 0.101. The lowest BCUT2D eigenvalue weighted by Crippen LogP contribution is -2.21. The SMILES string of the molecule is CN(CCO)c1cnon1. The van der Waals surface area contributed by atoms with Crippen LogP contribution in [0.2, 0.25) is 0 Å². The van der Waals surface area contributed by atoms with E-state index in [1.165, 1.54) is 6.20 Å². The molecule has 0 radical (unpaired) electrons. The van der Waals surface area contributed by atoms with Crippen LogP contribution < -0.4 is 4.90 Å². The quantitative estimate of drug-likeness (QED) is 0.618. The molecule has 0 saturated heterocycles. The first-order valence-electron chi connectivity index (χ1n) is 2.94. The Balaban J connectivity index is 2.50. The van der Waals surface area contributed by atoms with Crippen LogP contribution >= 0.6 is 0 Å². The number of aromatic nitrogens is 2. The topological polar surface area (TPSA) is 62.4 Å². The van der Waals surface area contributed by atoms with Gasteiger partial charge in [0, 0.05) is 13.6 Å². The van der Waals surface area contributed by atoms with Gasteiger partial charge in [-0.25, -0.2) is 4.63 Å². The number of anilines is 1. The molecule has 1 heterocycles. The van der Waals surface area contributed by atoms with E-state index in [0.29, 0.717) is 12.4 Å². The predicted octanol–water partition coefficient (Wildman–Crippen LogP) is -0.502. The normalized spacial score (nSPS) is 9.80. The maximum absolute atomic E-state index is 8.52. The predicted molar refractivity (Wildman–Crippen MR) is 34.7 cm³/mol. The fourth-order valence-corrected chi connectivity index (χ4v) is 0.592. The van der Waals surface area contributed by atoms with Crippen molar-refractivity contribution in [2.75, 3.05) is 25.1 Å². The Labute approximate surface area is 58.2 Å². The molecule has 0 aliphatic rings. The van der Waals surface area contributed by atoms with Gasteiger partial charge in [0.1, 0.15) is 6.20 Å². The highest BCUT2D eigenvalue weighted by Crippen LogP contribution is 2.03. The van der Waals surface area contributed by atoms with E-state index in [-0.39, 0.29) is 6.61 Å². The summed E-state index contributed by atoms with van der Waals surface area (Å²) >= 11 is 0. The van der Waals surface area contributed by atoms with E-state index in [1.54, 1.807) is 11.9 Å². The average Bonchev–Trinajstić information content (AvgIpc) is 2.38. The zero-order chi connectivity index (χ0) is 7.40. The number of aliphatic hydroxyl groups is 1. The molecular formula is C5H9N3O2. The highest BCUT2D eigenvalue weighted by Gasteiger charge is 2.01. The first-order chi connectivity index (χ1) is 4.84. The summed E-state index contributed by atoms with van der Waals surface area (Å²) in [4.78, 5) is 1.75. The van der Waals surface area contributed by atoms with Gasteiger partial charge < -0.3 is 10.0 Å². The van der Waals surface area contributed by atoms with Crippen molar-refractivity contribution < 1.29 is 9.74 Å². The summed E-state index contributed by atoms with van der Waals surface area (Å²) in [6.07, 6.45) is 1.50. The van der Waals surface area contributed by atoms with Crippen LogP contribution in [-0.4, -0.2) is 35.6 Å². The summed E-state index contributed by atoms with van der Waals surface area (Å²) in [6, 6.07) is 0. The standard InChI is InChI=1S/C5H9N3O2/c1-8(2-3-9)5-4-6-10-7-5/h4,9H,2-3H2,1H3. The number of likely N-dealkylation sites (N-methyl/N-ethyl adjacent to an activating group) is 1. The maximum atomic E-state index is 8.52.